The smallest absolute Gasteiger partial charge is 0.135 e. The Morgan fingerprint density at radius 2 is 0.536 bits per heavy atom. The van der Waals surface area contributed by atoms with Gasteiger partial charge in [0.2, 0.25) is 0 Å². The molecule has 0 aliphatic carbocycles. The van der Waals surface area contributed by atoms with E-state index < -0.39 is 0 Å². The van der Waals surface area contributed by atoms with E-state index in [4.69, 9.17) is 8.83 Å². The van der Waals surface area contributed by atoms with Gasteiger partial charge in [-0.25, -0.2) is 0 Å². The molecule has 0 aliphatic rings. The van der Waals surface area contributed by atoms with Gasteiger partial charge in [-0.15, -0.1) is 0 Å². The molecule has 24 rings (SSSR count). The van der Waals surface area contributed by atoms with Crippen LogP contribution >= 0.6 is 0 Å². The Morgan fingerprint density at radius 3 is 0.955 bits per heavy atom. The van der Waals surface area contributed by atoms with Crippen LogP contribution in [-0.2, 0) is 17.3 Å². The molecule has 526 valence electrons. The monoisotopic (exact) mass is 1430 g/mol. The van der Waals surface area contributed by atoms with Crippen LogP contribution in [0.25, 0.3) is 230 Å². The molecule has 112 heavy (non-hydrogen) atoms. The molecule has 0 spiro atoms. The average Bonchev–Trinajstić information content (AvgIpc) is 1.54. The summed E-state index contributed by atoms with van der Waals surface area (Å²) in [6.07, 6.45) is 0.887. The molecule has 0 fully saturated rings. The van der Waals surface area contributed by atoms with E-state index in [1.165, 1.54) is 203 Å². The van der Waals surface area contributed by atoms with E-state index in [0.717, 1.165) is 50.3 Å². The van der Waals surface area contributed by atoms with Crippen LogP contribution in [0.3, 0.4) is 0 Å². The van der Waals surface area contributed by atoms with Gasteiger partial charge in [-0.1, -0.05) is 235 Å². The van der Waals surface area contributed by atoms with Gasteiger partial charge >= 0.3 is 0 Å². The highest BCUT2D eigenvalue weighted by Crippen LogP contribution is 2.49. The van der Waals surface area contributed by atoms with Gasteiger partial charge in [-0.3, -0.25) is 0 Å². The fourth-order valence-electron chi connectivity index (χ4n) is 19.3. The van der Waals surface area contributed by atoms with Gasteiger partial charge in [0, 0.05) is 64.6 Å². The molecule has 0 unspecified atom stereocenters. The largest absolute Gasteiger partial charge is 0.456 e. The Hall–Kier alpha value is -13.8. The third kappa shape index (κ3) is 9.61. The maximum atomic E-state index is 6.34. The highest BCUT2D eigenvalue weighted by atomic mass is 16.3. The predicted octanol–water partition coefficient (Wildman–Crippen LogP) is 30.2. The summed E-state index contributed by atoms with van der Waals surface area (Å²) in [5.41, 5.74) is 29.4. The minimum absolute atomic E-state index is 0.0877. The standard InChI is InChI=1S/C108H72N2O2/c1-107(2,3)83-36-30-64(31-37-83)68-23-27-72-48-88-94-54-81(75-34-40-103-91(51-75)85-18-9-11-20-101(85)111-103)55-95-89-49-73-28-24-69(45-79(73)59-99(89)109(105(94)95)98(88)58-78(72)44-68)65-32-38-84(39-33-65)108(4,5)61-62-14-13-17-66(42-62)70-25-29-74-50-90-96-56-82(76-35-41-104-92(52-76)86-19-10-12-21-102(86)112-104)53-93-87-47-71-26-22-67(63-15-7-6-8-16-63)43-77(71)57-97(87)110(106(93)96)100(90)60-80(74)46-70/h6-60H,61H2,1-5H3. The maximum absolute atomic E-state index is 6.34. The van der Waals surface area contributed by atoms with Crippen LogP contribution in [-0.4, -0.2) is 8.80 Å². The van der Waals surface area contributed by atoms with Crippen molar-refractivity contribution in [2.45, 2.75) is 51.9 Å². The first-order chi connectivity index (χ1) is 54.7. The SMILES string of the molecule is CC(C)(C)c1ccc(-c2ccc3cc4c5cc(-c6ccc7oc8ccccc8c7c6)cc6c7cc8ccc(-c9ccc(C(C)(C)Cc%10cccc(-c%11ccc%12cc%13c%14cc(-c%15ccc%16oc%17ccccc%17c%16c%15)cc%15c%16cc%17ccc(-c%18ccccc%18)cc%17cc%16n(c%13cc%12c%11)c%15%14)c%10)cc9)cc8cc7n(c4cc3c2)c56)cc1. The van der Waals surface area contributed by atoms with Crippen molar-refractivity contribution < 1.29 is 8.83 Å². The van der Waals surface area contributed by atoms with Gasteiger partial charge in [0.25, 0.3) is 0 Å². The second-order valence-corrected chi connectivity index (χ2v) is 33.4. The normalized spacial score (nSPS) is 12.7. The summed E-state index contributed by atoms with van der Waals surface area (Å²) in [6.45, 7) is 11.6. The minimum Gasteiger partial charge on any atom is -0.456 e. The van der Waals surface area contributed by atoms with Gasteiger partial charge in [-0.05, 0) is 277 Å². The van der Waals surface area contributed by atoms with Crippen molar-refractivity contribution in [2.24, 2.45) is 0 Å². The Balaban J connectivity index is 0.566. The zero-order valence-electron chi connectivity index (χ0n) is 62.7. The molecule has 0 amide bonds. The predicted molar refractivity (Wildman–Crippen MR) is 475 cm³/mol. The van der Waals surface area contributed by atoms with Crippen molar-refractivity contribution in [1.82, 2.24) is 8.80 Å². The van der Waals surface area contributed by atoms with Crippen molar-refractivity contribution in [2.75, 3.05) is 0 Å². The summed E-state index contributed by atoms with van der Waals surface area (Å²) >= 11 is 0. The lowest BCUT2D eigenvalue weighted by Gasteiger charge is -2.26. The Labute approximate surface area is 645 Å². The molecule has 0 saturated carbocycles. The third-order valence-corrected chi connectivity index (χ3v) is 25.1. The van der Waals surface area contributed by atoms with E-state index in [-0.39, 0.29) is 10.8 Å². The van der Waals surface area contributed by atoms with Gasteiger partial charge < -0.3 is 17.6 Å². The number of hydrogen-bond acceptors (Lipinski definition) is 2. The summed E-state index contributed by atoms with van der Waals surface area (Å²) in [4.78, 5) is 0. The summed E-state index contributed by atoms with van der Waals surface area (Å²) in [6, 6.07) is 126. The minimum atomic E-state index is -0.148. The van der Waals surface area contributed by atoms with Gasteiger partial charge in [0.05, 0.1) is 33.1 Å². The molecule has 18 aromatic carbocycles. The number of aromatic nitrogens is 2. The van der Waals surface area contributed by atoms with Crippen LogP contribution in [0.1, 0.15) is 51.3 Å². The number of hydrogen-bond donors (Lipinski definition) is 0. The van der Waals surface area contributed by atoms with Crippen LogP contribution in [0.2, 0.25) is 0 Å². The van der Waals surface area contributed by atoms with Crippen molar-refractivity contribution in [3.05, 3.63) is 350 Å². The van der Waals surface area contributed by atoms with E-state index in [1.54, 1.807) is 0 Å². The van der Waals surface area contributed by atoms with Gasteiger partial charge in [-0.2, -0.15) is 0 Å². The van der Waals surface area contributed by atoms with Gasteiger partial charge in [0.15, 0.2) is 0 Å². The van der Waals surface area contributed by atoms with Crippen molar-refractivity contribution >= 4 is 163 Å². The highest BCUT2D eigenvalue weighted by molar-refractivity contribution is 6.29. The van der Waals surface area contributed by atoms with Crippen LogP contribution in [0.5, 0.6) is 0 Å². The molecule has 0 aliphatic heterocycles. The number of furan rings is 2. The number of rotatable bonds is 9. The number of para-hydroxylation sites is 2. The first kappa shape index (κ1) is 63.2. The molecule has 0 atom stereocenters. The molecule has 0 saturated heterocycles. The van der Waals surface area contributed by atoms with E-state index in [1.807, 2.05) is 12.1 Å². The number of fused-ring (bicyclic) bond motifs is 22. The maximum Gasteiger partial charge on any atom is 0.135 e. The van der Waals surface area contributed by atoms with Gasteiger partial charge in [0.1, 0.15) is 22.3 Å². The summed E-state index contributed by atoms with van der Waals surface area (Å²) in [5, 5.41) is 24.4. The second-order valence-electron chi connectivity index (χ2n) is 33.4. The first-order valence-corrected chi connectivity index (χ1v) is 39.3. The summed E-state index contributed by atoms with van der Waals surface area (Å²) in [5.74, 6) is 0. The molecule has 0 N–H and O–H groups in total. The van der Waals surface area contributed by atoms with E-state index >= 15 is 0 Å². The lowest BCUT2D eigenvalue weighted by Crippen LogP contribution is -2.20. The number of benzene rings is 18. The molecule has 6 aromatic heterocycles. The van der Waals surface area contributed by atoms with E-state index in [2.05, 4.69) is 365 Å². The Kier molecular flexibility index (Phi) is 13.0. The second kappa shape index (κ2) is 23.1. The lowest BCUT2D eigenvalue weighted by molar-refractivity contribution is 0.522. The molecule has 6 heterocycles. The fraction of sp³-hybridized carbons (Fsp3) is 0.0741. The molecule has 4 heteroatoms. The Bertz CT molecular complexity index is 8130. The van der Waals surface area contributed by atoms with E-state index in [0.29, 0.717) is 0 Å². The molecule has 0 bridgehead atoms. The topological polar surface area (TPSA) is 35.1 Å². The molecule has 0 radical (unpaired) electrons. The van der Waals surface area contributed by atoms with Crippen LogP contribution in [0.15, 0.2) is 342 Å². The lowest BCUT2D eigenvalue weighted by atomic mass is 9.78. The van der Waals surface area contributed by atoms with Crippen LogP contribution < -0.4 is 0 Å². The Morgan fingerprint density at radius 1 is 0.214 bits per heavy atom. The average molecular weight is 1430 g/mol. The summed E-state index contributed by atoms with van der Waals surface area (Å²) in [7, 11) is 0. The van der Waals surface area contributed by atoms with Crippen molar-refractivity contribution in [3.63, 3.8) is 0 Å². The zero-order valence-corrected chi connectivity index (χ0v) is 62.7. The van der Waals surface area contributed by atoms with Crippen LogP contribution in [0, 0.1) is 0 Å². The summed E-state index contributed by atoms with van der Waals surface area (Å²) < 4.78 is 17.8. The zero-order chi connectivity index (χ0) is 74.1. The molecule has 4 nitrogen and oxygen atoms in total. The third-order valence-electron chi connectivity index (χ3n) is 25.1. The molecule has 24 aromatic rings. The molecular weight excluding hydrogens is 1360 g/mol. The molecular formula is C108H72N2O2. The fourth-order valence-corrected chi connectivity index (χ4v) is 19.3. The number of nitrogens with zero attached hydrogens (tertiary/aromatic N) is 2. The van der Waals surface area contributed by atoms with E-state index in [9.17, 15) is 0 Å². The highest BCUT2D eigenvalue weighted by Gasteiger charge is 2.27. The van der Waals surface area contributed by atoms with Crippen LogP contribution in [0.4, 0.5) is 0 Å². The van der Waals surface area contributed by atoms with Crippen molar-refractivity contribution in [1.29, 1.82) is 0 Å². The van der Waals surface area contributed by atoms with Crippen molar-refractivity contribution in [3.8, 4) is 66.8 Å². The quantitative estimate of drug-likeness (QED) is 0.144. The first-order valence-electron chi connectivity index (χ1n) is 39.3.